The lowest BCUT2D eigenvalue weighted by molar-refractivity contribution is -0.126. The van der Waals surface area contributed by atoms with Crippen molar-refractivity contribution in [2.75, 3.05) is 6.54 Å². The number of amides is 2. The van der Waals surface area contributed by atoms with Gasteiger partial charge in [0.15, 0.2) is 0 Å². The number of hydrogen-bond donors (Lipinski definition) is 1. The van der Waals surface area contributed by atoms with Crippen molar-refractivity contribution in [3.8, 4) is 0 Å². The molecule has 0 saturated carbocycles. The van der Waals surface area contributed by atoms with Crippen LogP contribution in [0.4, 0.5) is 4.39 Å². The zero-order valence-electron chi connectivity index (χ0n) is 15.3. The highest BCUT2D eigenvalue weighted by molar-refractivity contribution is 6.04. The SMILES string of the molecule is CC(C)(C)CN1C(=O)c2ccccc2C1C(=O)NCc1ccccc1F. The number of halogens is 1. The van der Waals surface area contributed by atoms with Crippen molar-refractivity contribution < 1.29 is 14.0 Å². The molecule has 0 bridgehead atoms. The number of nitrogens with zero attached hydrogens (tertiary/aromatic N) is 1. The van der Waals surface area contributed by atoms with Crippen molar-refractivity contribution >= 4 is 11.8 Å². The predicted octanol–water partition coefficient (Wildman–Crippen LogP) is 3.69. The summed E-state index contributed by atoms with van der Waals surface area (Å²) < 4.78 is 13.8. The van der Waals surface area contributed by atoms with Gasteiger partial charge in [-0.05, 0) is 23.1 Å². The summed E-state index contributed by atoms with van der Waals surface area (Å²) in [6, 6.07) is 12.8. The zero-order valence-corrected chi connectivity index (χ0v) is 15.3. The number of carbonyl (C=O) groups excluding carboxylic acids is 2. The van der Waals surface area contributed by atoms with E-state index in [1.54, 1.807) is 35.2 Å². The minimum Gasteiger partial charge on any atom is -0.350 e. The lowest BCUT2D eigenvalue weighted by atomic mass is 9.95. The van der Waals surface area contributed by atoms with Gasteiger partial charge in [0.05, 0.1) is 0 Å². The van der Waals surface area contributed by atoms with Crippen molar-refractivity contribution in [1.82, 2.24) is 10.2 Å². The molecule has 4 nitrogen and oxygen atoms in total. The summed E-state index contributed by atoms with van der Waals surface area (Å²) in [6.07, 6.45) is 0. The number of benzene rings is 2. The van der Waals surface area contributed by atoms with Gasteiger partial charge in [0, 0.05) is 24.2 Å². The maximum Gasteiger partial charge on any atom is 0.255 e. The van der Waals surface area contributed by atoms with Gasteiger partial charge >= 0.3 is 0 Å². The molecule has 2 aromatic rings. The molecule has 0 aromatic heterocycles. The van der Waals surface area contributed by atoms with Crippen molar-refractivity contribution in [3.63, 3.8) is 0 Å². The van der Waals surface area contributed by atoms with Crippen LogP contribution in [0.15, 0.2) is 48.5 Å². The topological polar surface area (TPSA) is 49.4 Å². The fourth-order valence-electron chi connectivity index (χ4n) is 3.25. The lowest BCUT2D eigenvalue weighted by Crippen LogP contribution is -2.42. The number of fused-ring (bicyclic) bond motifs is 1. The fourth-order valence-corrected chi connectivity index (χ4v) is 3.25. The Morgan fingerprint density at radius 3 is 2.46 bits per heavy atom. The summed E-state index contributed by atoms with van der Waals surface area (Å²) in [5, 5.41) is 2.79. The molecular weight excluding hydrogens is 331 g/mol. The van der Waals surface area contributed by atoms with E-state index in [0.29, 0.717) is 23.2 Å². The van der Waals surface area contributed by atoms with Gasteiger partial charge in [0.1, 0.15) is 11.9 Å². The smallest absolute Gasteiger partial charge is 0.255 e. The monoisotopic (exact) mass is 354 g/mol. The standard InChI is InChI=1S/C21H23FN2O2/c1-21(2,3)13-24-18(15-9-5-6-10-16(15)20(24)26)19(25)23-12-14-8-4-7-11-17(14)22/h4-11,18H,12-13H2,1-3H3,(H,23,25). The second-order valence-corrected chi connectivity index (χ2v) is 7.79. The molecule has 1 aliphatic heterocycles. The normalized spacial score (nSPS) is 16.5. The fraction of sp³-hybridized carbons (Fsp3) is 0.333. The molecule has 136 valence electrons. The van der Waals surface area contributed by atoms with Crippen LogP contribution in [0, 0.1) is 11.2 Å². The molecule has 0 aliphatic carbocycles. The summed E-state index contributed by atoms with van der Waals surface area (Å²) in [6.45, 7) is 6.62. The molecule has 1 aliphatic rings. The third-order valence-corrected chi connectivity index (χ3v) is 4.36. The van der Waals surface area contributed by atoms with Gasteiger partial charge in [-0.3, -0.25) is 9.59 Å². The van der Waals surface area contributed by atoms with Gasteiger partial charge in [0.25, 0.3) is 5.91 Å². The molecule has 1 unspecified atom stereocenters. The Morgan fingerprint density at radius 2 is 1.77 bits per heavy atom. The molecule has 2 aromatic carbocycles. The maximum atomic E-state index is 13.8. The third-order valence-electron chi connectivity index (χ3n) is 4.36. The average molecular weight is 354 g/mol. The molecule has 0 spiro atoms. The molecule has 3 rings (SSSR count). The summed E-state index contributed by atoms with van der Waals surface area (Å²) in [7, 11) is 0. The van der Waals surface area contributed by atoms with Gasteiger partial charge in [-0.15, -0.1) is 0 Å². The van der Waals surface area contributed by atoms with E-state index < -0.39 is 6.04 Å². The van der Waals surface area contributed by atoms with E-state index in [-0.39, 0.29) is 29.6 Å². The van der Waals surface area contributed by atoms with Gasteiger partial charge in [-0.1, -0.05) is 57.2 Å². The first-order valence-electron chi connectivity index (χ1n) is 8.69. The van der Waals surface area contributed by atoms with E-state index in [9.17, 15) is 14.0 Å². The van der Waals surface area contributed by atoms with Crippen LogP contribution in [0.25, 0.3) is 0 Å². The summed E-state index contributed by atoms with van der Waals surface area (Å²) in [5.41, 5.74) is 1.53. The third kappa shape index (κ3) is 3.62. The molecule has 0 fully saturated rings. The van der Waals surface area contributed by atoms with Crippen LogP contribution in [-0.2, 0) is 11.3 Å². The maximum absolute atomic E-state index is 13.8. The molecule has 0 radical (unpaired) electrons. The summed E-state index contributed by atoms with van der Waals surface area (Å²) >= 11 is 0. The van der Waals surface area contributed by atoms with Crippen LogP contribution >= 0.6 is 0 Å². The average Bonchev–Trinajstić information content (AvgIpc) is 2.85. The number of rotatable bonds is 4. The highest BCUT2D eigenvalue weighted by Gasteiger charge is 2.42. The van der Waals surface area contributed by atoms with E-state index in [4.69, 9.17) is 0 Å². The number of hydrogen-bond acceptors (Lipinski definition) is 2. The van der Waals surface area contributed by atoms with E-state index >= 15 is 0 Å². The molecular formula is C21H23FN2O2. The van der Waals surface area contributed by atoms with E-state index in [1.807, 2.05) is 32.9 Å². The highest BCUT2D eigenvalue weighted by atomic mass is 19.1. The Bertz CT molecular complexity index is 842. The molecule has 2 amide bonds. The van der Waals surface area contributed by atoms with Crippen LogP contribution in [0.2, 0.25) is 0 Å². The van der Waals surface area contributed by atoms with Crippen LogP contribution in [0.1, 0.15) is 48.3 Å². The van der Waals surface area contributed by atoms with Gasteiger partial charge in [-0.2, -0.15) is 0 Å². The van der Waals surface area contributed by atoms with Gasteiger partial charge in [-0.25, -0.2) is 4.39 Å². The predicted molar refractivity (Wildman–Crippen MR) is 97.9 cm³/mol. The number of nitrogens with one attached hydrogen (secondary N) is 1. The Kier molecular flexibility index (Phi) is 4.81. The Balaban J connectivity index is 1.85. The second-order valence-electron chi connectivity index (χ2n) is 7.79. The van der Waals surface area contributed by atoms with E-state index in [2.05, 4.69) is 5.32 Å². The van der Waals surface area contributed by atoms with Crippen molar-refractivity contribution in [1.29, 1.82) is 0 Å². The van der Waals surface area contributed by atoms with Crippen LogP contribution in [0.5, 0.6) is 0 Å². The molecule has 0 saturated heterocycles. The quantitative estimate of drug-likeness (QED) is 0.910. The highest BCUT2D eigenvalue weighted by Crippen LogP contribution is 2.36. The van der Waals surface area contributed by atoms with Crippen LogP contribution in [0.3, 0.4) is 0 Å². The van der Waals surface area contributed by atoms with Crippen LogP contribution < -0.4 is 5.32 Å². The van der Waals surface area contributed by atoms with Crippen molar-refractivity contribution in [3.05, 3.63) is 71.0 Å². The Labute approximate surface area is 153 Å². The molecule has 5 heteroatoms. The minimum absolute atomic E-state index is 0.0850. The van der Waals surface area contributed by atoms with Gasteiger partial charge < -0.3 is 10.2 Å². The Hall–Kier alpha value is -2.69. The first-order valence-corrected chi connectivity index (χ1v) is 8.69. The first-order chi connectivity index (χ1) is 12.3. The van der Waals surface area contributed by atoms with E-state index in [1.165, 1.54) is 6.07 Å². The largest absolute Gasteiger partial charge is 0.350 e. The second kappa shape index (κ2) is 6.90. The Morgan fingerprint density at radius 1 is 1.12 bits per heavy atom. The lowest BCUT2D eigenvalue weighted by Gasteiger charge is -2.31. The number of carbonyl (C=O) groups is 2. The molecule has 26 heavy (non-hydrogen) atoms. The first kappa shape index (κ1) is 18.1. The molecule has 1 N–H and O–H groups in total. The van der Waals surface area contributed by atoms with Crippen molar-refractivity contribution in [2.45, 2.75) is 33.4 Å². The summed E-state index contributed by atoms with van der Waals surface area (Å²) in [4.78, 5) is 27.3. The summed E-state index contributed by atoms with van der Waals surface area (Å²) in [5.74, 6) is -0.792. The molecule has 1 heterocycles. The zero-order chi connectivity index (χ0) is 18.9. The minimum atomic E-state index is -0.690. The van der Waals surface area contributed by atoms with E-state index in [0.717, 1.165) is 0 Å². The van der Waals surface area contributed by atoms with Gasteiger partial charge in [0.2, 0.25) is 5.91 Å². The van der Waals surface area contributed by atoms with Crippen LogP contribution in [-0.4, -0.2) is 23.3 Å². The molecule has 1 atom stereocenters. The van der Waals surface area contributed by atoms with Crippen molar-refractivity contribution in [2.24, 2.45) is 5.41 Å².